The van der Waals surface area contributed by atoms with Crippen molar-refractivity contribution in [2.24, 2.45) is 5.92 Å². The number of unbranched alkanes of at least 4 members (excludes halogenated alkanes) is 3. The van der Waals surface area contributed by atoms with E-state index in [1.165, 1.54) is 73.0 Å². The van der Waals surface area contributed by atoms with Gasteiger partial charge in [-0.2, -0.15) is 0 Å². The van der Waals surface area contributed by atoms with Crippen LogP contribution >= 0.6 is 0 Å². The molecule has 0 saturated carbocycles. The van der Waals surface area contributed by atoms with Crippen LogP contribution in [0, 0.1) is 5.92 Å². The van der Waals surface area contributed by atoms with Gasteiger partial charge in [0.1, 0.15) is 0 Å². The van der Waals surface area contributed by atoms with E-state index in [0.29, 0.717) is 12.5 Å². The molecular weight excluding hydrogens is 499 g/mol. The molecule has 3 heteroatoms. The van der Waals surface area contributed by atoms with Crippen LogP contribution in [0.15, 0.2) is 46.1 Å². The average Bonchev–Trinajstić information content (AvgIpc) is 2.83. The fourth-order valence-corrected chi connectivity index (χ4v) is 22.4. The SMILES string of the molecule is CCC[CH2][Sn]([CH2]CCC)([CH2]CCC)/[C](C(=O)OCC)=C(/c1ccccc1)C1C=CCCC1. The Bertz CT molecular complexity index is 713. The maximum absolute atomic E-state index is 13.9. The zero-order chi connectivity index (χ0) is 23.2. The summed E-state index contributed by atoms with van der Waals surface area (Å²) in [5, 5.41) is 0. The van der Waals surface area contributed by atoms with Crippen LogP contribution in [-0.2, 0) is 9.53 Å². The van der Waals surface area contributed by atoms with Crippen molar-refractivity contribution in [3.05, 3.63) is 51.6 Å². The van der Waals surface area contributed by atoms with Gasteiger partial charge in [-0.1, -0.05) is 0 Å². The number of rotatable bonds is 14. The molecule has 1 atom stereocenters. The minimum atomic E-state index is -3.04. The van der Waals surface area contributed by atoms with Crippen LogP contribution in [0.4, 0.5) is 0 Å². The molecule has 2 rings (SSSR count). The second-order valence-corrected chi connectivity index (χ2v) is 22.4. The molecule has 0 saturated heterocycles. The monoisotopic (exact) mass is 546 g/mol. The van der Waals surface area contributed by atoms with E-state index in [1.807, 2.05) is 6.92 Å². The van der Waals surface area contributed by atoms with Crippen LogP contribution in [-0.4, -0.2) is 31.0 Å². The number of ether oxygens (including phenoxy) is 1. The molecule has 1 aliphatic carbocycles. The Kier molecular flexibility index (Phi) is 12.7. The fraction of sp³-hybridized carbons (Fsp3) is 0.621. The quantitative estimate of drug-likeness (QED) is 0.101. The van der Waals surface area contributed by atoms with E-state index in [-0.39, 0.29) is 5.97 Å². The average molecular weight is 545 g/mol. The first-order chi connectivity index (χ1) is 15.6. The predicted octanol–water partition coefficient (Wildman–Crippen LogP) is 8.75. The van der Waals surface area contributed by atoms with Gasteiger partial charge in [0.15, 0.2) is 0 Å². The van der Waals surface area contributed by atoms with Crippen molar-refractivity contribution in [1.29, 1.82) is 0 Å². The Labute approximate surface area is 201 Å². The molecule has 32 heavy (non-hydrogen) atoms. The first-order valence-electron chi connectivity index (χ1n) is 13.3. The molecule has 0 aromatic heterocycles. The molecule has 1 aromatic rings. The van der Waals surface area contributed by atoms with Gasteiger partial charge >= 0.3 is 202 Å². The summed E-state index contributed by atoms with van der Waals surface area (Å²) in [7, 11) is 0. The number of esters is 1. The van der Waals surface area contributed by atoms with Crippen LogP contribution in [0.25, 0.3) is 5.57 Å². The van der Waals surface area contributed by atoms with Crippen LogP contribution in [0.2, 0.25) is 13.3 Å². The molecule has 1 unspecified atom stereocenters. The number of hydrogen-bond donors (Lipinski definition) is 0. The third kappa shape index (κ3) is 7.50. The number of carbonyl (C=O) groups is 1. The third-order valence-corrected chi connectivity index (χ3v) is 22.6. The predicted molar refractivity (Wildman–Crippen MR) is 141 cm³/mol. The van der Waals surface area contributed by atoms with Crippen molar-refractivity contribution < 1.29 is 9.53 Å². The summed E-state index contributed by atoms with van der Waals surface area (Å²) >= 11 is -3.04. The summed E-state index contributed by atoms with van der Waals surface area (Å²) < 4.78 is 10.9. The van der Waals surface area contributed by atoms with Gasteiger partial charge in [-0.25, -0.2) is 0 Å². The second kappa shape index (κ2) is 15.0. The first-order valence-corrected chi connectivity index (χ1v) is 20.8. The van der Waals surface area contributed by atoms with Crippen molar-refractivity contribution in [3.63, 3.8) is 0 Å². The molecule has 0 heterocycles. The van der Waals surface area contributed by atoms with Crippen LogP contribution in [0.1, 0.15) is 91.0 Å². The molecule has 178 valence electrons. The van der Waals surface area contributed by atoms with Gasteiger partial charge in [0.25, 0.3) is 0 Å². The zero-order valence-corrected chi connectivity index (χ0v) is 24.0. The summed E-state index contributed by atoms with van der Waals surface area (Å²) in [6.45, 7) is 9.31. The van der Waals surface area contributed by atoms with Gasteiger partial charge in [0.05, 0.1) is 0 Å². The Hall–Kier alpha value is -1.03. The van der Waals surface area contributed by atoms with E-state index in [1.54, 1.807) is 0 Å². The molecule has 0 bridgehead atoms. The van der Waals surface area contributed by atoms with Crippen LogP contribution < -0.4 is 0 Å². The molecule has 0 radical (unpaired) electrons. The molecule has 1 aromatic carbocycles. The second-order valence-electron chi connectivity index (χ2n) is 9.43. The van der Waals surface area contributed by atoms with E-state index in [4.69, 9.17) is 4.74 Å². The molecular formula is C29H46O2Sn. The normalized spacial score (nSPS) is 17.2. The van der Waals surface area contributed by atoms with Gasteiger partial charge in [-0.3, -0.25) is 0 Å². The number of hydrogen-bond acceptors (Lipinski definition) is 2. The topological polar surface area (TPSA) is 26.3 Å². The Balaban J connectivity index is 2.82. The van der Waals surface area contributed by atoms with Crippen LogP contribution in [0.3, 0.4) is 0 Å². The zero-order valence-electron chi connectivity index (χ0n) is 21.1. The van der Waals surface area contributed by atoms with E-state index in [0.717, 1.165) is 12.8 Å². The van der Waals surface area contributed by atoms with E-state index in [9.17, 15) is 4.79 Å². The maximum atomic E-state index is 13.9. The van der Waals surface area contributed by atoms with Gasteiger partial charge in [-0.15, -0.1) is 0 Å². The van der Waals surface area contributed by atoms with Crippen molar-refractivity contribution in [1.82, 2.24) is 0 Å². The molecule has 0 aliphatic heterocycles. The Morgan fingerprint density at radius 3 is 2.00 bits per heavy atom. The van der Waals surface area contributed by atoms with E-state index in [2.05, 4.69) is 63.3 Å². The summed E-state index contributed by atoms with van der Waals surface area (Å²) in [6, 6.07) is 10.8. The van der Waals surface area contributed by atoms with Gasteiger partial charge in [-0.05, 0) is 0 Å². The summed E-state index contributed by atoms with van der Waals surface area (Å²) in [4.78, 5) is 13.9. The molecule has 0 N–H and O–H groups in total. The summed E-state index contributed by atoms with van der Waals surface area (Å²) in [5.41, 5.74) is 2.58. The standard InChI is InChI=1S/C17H19O2.3C4H9.Sn/c1-2-19-17(18)13-16(14-9-5-3-6-10-14)15-11-7-4-8-12-15;3*1-3-4-2;/h3,5-7,9-11,15H,2,4,8,12H2,1H3;3*1,3-4H2,2H3;. The number of benzene rings is 1. The van der Waals surface area contributed by atoms with Crippen LogP contribution in [0.5, 0.6) is 0 Å². The summed E-state index contributed by atoms with van der Waals surface area (Å²) in [5.74, 6) is 0.357. The molecule has 1 aliphatic rings. The third-order valence-electron chi connectivity index (χ3n) is 7.02. The van der Waals surface area contributed by atoms with Crippen molar-refractivity contribution >= 4 is 29.9 Å². The van der Waals surface area contributed by atoms with E-state index >= 15 is 0 Å². The molecule has 0 fully saturated rings. The number of allylic oxidation sites excluding steroid dienone is 3. The number of carbonyl (C=O) groups excluding carboxylic acids is 1. The Morgan fingerprint density at radius 2 is 1.53 bits per heavy atom. The Morgan fingerprint density at radius 1 is 0.938 bits per heavy atom. The van der Waals surface area contributed by atoms with Crippen molar-refractivity contribution in [3.8, 4) is 0 Å². The van der Waals surface area contributed by atoms with Gasteiger partial charge in [0.2, 0.25) is 0 Å². The fourth-order valence-electron chi connectivity index (χ4n) is 5.33. The molecule has 0 amide bonds. The molecule has 0 spiro atoms. The summed E-state index contributed by atoms with van der Waals surface area (Å²) in [6.07, 6.45) is 15.6. The molecule has 2 nitrogen and oxygen atoms in total. The minimum absolute atomic E-state index is 0.0180. The van der Waals surface area contributed by atoms with Gasteiger partial charge in [0, 0.05) is 0 Å². The van der Waals surface area contributed by atoms with Crippen molar-refractivity contribution in [2.45, 2.75) is 98.8 Å². The van der Waals surface area contributed by atoms with Crippen molar-refractivity contribution in [2.75, 3.05) is 6.61 Å². The first kappa shape index (κ1) is 27.2. The van der Waals surface area contributed by atoms with E-state index < -0.39 is 18.4 Å². The van der Waals surface area contributed by atoms with Gasteiger partial charge < -0.3 is 0 Å².